The number of carbonyl (C=O) groups is 1. The molecular weight excluding hydrogens is 228 g/mol. The van der Waals surface area contributed by atoms with Crippen molar-refractivity contribution in [3.63, 3.8) is 0 Å². The van der Waals surface area contributed by atoms with E-state index in [0.29, 0.717) is 19.3 Å². The van der Waals surface area contributed by atoms with Gasteiger partial charge in [0.25, 0.3) is 0 Å². The number of aliphatic hydroxyl groups excluding tert-OH is 1. The van der Waals surface area contributed by atoms with Crippen LogP contribution in [0, 0.1) is 17.3 Å². The zero-order valence-electron chi connectivity index (χ0n) is 11.7. The Labute approximate surface area is 109 Å². The average Bonchev–Trinajstić information content (AvgIpc) is 2.48. The van der Waals surface area contributed by atoms with Crippen molar-refractivity contribution in [1.29, 1.82) is 0 Å². The van der Waals surface area contributed by atoms with E-state index in [1.807, 2.05) is 27.7 Å². The van der Waals surface area contributed by atoms with Crippen LogP contribution in [0.1, 0.15) is 47.0 Å². The van der Waals surface area contributed by atoms with E-state index in [1.54, 1.807) is 6.08 Å². The van der Waals surface area contributed by atoms with Crippen molar-refractivity contribution in [2.75, 3.05) is 0 Å². The van der Waals surface area contributed by atoms with Crippen LogP contribution in [0.3, 0.4) is 0 Å². The van der Waals surface area contributed by atoms with Crippen molar-refractivity contribution in [3.8, 4) is 0 Å². The van der Waals surface area contributed by atoms with Gasteiger partial charge < -0.3 is 10.2 Å². The first kappa shape index (κ1) is 13.8. The van der Waals surface area contributed by atoms with Crippen molar-refractivity contribution in [2.24, 2.45) is 17.3 Å². The fraction of sp³-hybridized carbons (Fsp3) is 0.800. The summed E-state index contributed by atoms with van der Waals surface area (Å²) in [5, 5.41) is 21.3. The maximum Gasteiger partial charge on any atom is 0.161 e. The van der Waals surface area contributed by atoms with Crippen LogP contribution in [0.2, 0.25) is 0 Å². The van der Waals surface area contributed by atoms with Gasteiger partial charge in [0.05, 0.1) is 11.7 Å². The molecular formula is C15H24O3. The van der Waals surface area contributed by atoms with Gasteiger partial charge in [0, 0.05) is 11.3 Å². The lowest BCUT2D eigenvalue weighted by atomic mass is 9.67. The van der Waals surface area contributed by atoms with Crippen molar-refractivity contribution < 1.29 is 15.0 Å². The number of rotatable bonds is 1. The second-order valence-corrected chi connectivity index (χ2v) is 6.67. The summed E-state index contributed by atoms with van der Waals surface area (Å²) in [6, 6.07) is 0. The minimum Gasteiger partial charge on any atom is -0.392 e. The molecule has 0 spiro atoms. The van der Waals surface area contributed by atoms with E-state index < -0.39 is 17.1 Å². The van der Waals surface area contributed by atoms with E-state index in [1.165, 1.54) is 0 Å². The molecule has 1 fully saturated rings. The van der Waals surface area contributed by atoms with Gasteiger partial charge in [0.1, 0.15) is 0 Å². The highest BCUT2D eigenvalue weighted by Gasteiger charge is 2.60. The lowest BCUT2D eigenvalue weighted by Gasteiger charge is -2.41. The highest BCUT2D eigenvalue weighted by Crippen LogP contribution is 2.56. The van der Waals surface area contributed by atoms with Crippen molar-refractivity contribution >= 4 is 5.78 Å². The first-order valence-electron chi connectivity index (χ1n) is 6.84. The van der Waals surface area contributed by atoms with Gasteiger partial charge in [-0.05, 0) is 38.2 Å². The van der Waals surface area contributed by atoms with Crippen molar-refractivity contribution in [2.45, 2.75) is 58.7 Å². The Balaban J connectivity index is 2.49. The number of ketones is 1. The maximum atomic E-state index is 12.4. The number of allylic oxidation sites excluding steroid dienone is 1. The van der Waals surface area contributed by atoms with E-state index in [2.05, 4.69) is 0 Å². The number of carbonyl (C=O) groups excluding carboxylic acids is 1. The smallest absolute Gasteiger partial charge is 0.161 e. The number of hydrogen-bond donors (Lipinski definition) is 2. The number of fused-ring (bicyclic) bond motifs is 1. The molecule has 4 atom stereocenters. The van der Waals surface area contributed by atoms with Gasteiger partial charge >= 0.3 is 0 Å². The molecule has 0 radical (unpaired) electrons. The molecule has 2 N–H and O–H groups in total. The van der Waals surface area contributed by atoms with Gasteiger partial charge in [-0.1, -0.05) is 26.3 Å². The molecule has 0 heterocycles. The van der Waals surface area contributed by atoms with Gasteiger partial charge in [-0.3, -0.25) is 4.79 Å². The Hall–Kier alpha value is -0.670. The summed E-state index contributed by atoms with van der Waals surface area (Å²) >= 11 is 0. The van der Waals surface area contributed by atoms with Gasteiger partial charge in [-0.2, -0.15) is 0 Å². The van der Waals surface area contributed by atoms with Crippen LogP contribution in [0.5, 0.6) is 0 Å². The van der Waals surface area contributed by atoms with E-state index >= 15 is 0 Å². The molecule has 0 unspecified atom stereocenters. The van der Waals surface area contributed by atoms with E-state index in [9.17, 15) is 15.0 Å². The fourth-order valence-electron chi connectivity index (χ4n) is 3.90. The van der Waals surface area contributed by atoms with Crippen molar-refractivity contribution in [1.82, 2.24) is 0 Å². The molecule has 0 amide bonds. The molecule has 1 saturated carbocycles. The molecule has 18 heavy (non-hydrogen) atoms. The number of aliphatic hydroxyl groups is 2. The highest BCUT2D eigenvalue weighted by molar-refractivity contribution is 5.96. The molecule has 0 aromatic rings. The molecule has 0 bridgehead atoms. The zero-order chi connectivity index (χ0) is 13.7. The van der Waals surface area contributed by atoms with E-state index in [0.717, 1.165) is 5.57 Å². The Bertz CT molecular complexity index is 399. The Kier molecular flexibility index (Phi) is 3.19. The van der Waals surface area contributed by atoms with Gasteiger partial charge in [0.15, 0.2) is 5.78 Å². The first-order valence-corrected chi connectivity index (χ1v) is 6.84. The van der Waals surface area contributed by atoms with Gasteiger partial charge in [-0.15, -0.1) is 0 Å². The molecule has 2 aliphatic rings. The Morgan fingerprint density at radius 3 is 2.56 bits per heavy atom. The largest absolute Gasteiger partial charge is 0.392 e. The van der Waals surface area contributed by atoms with Crippen LogP contribution < -0.4 is 0 Å². The zero-order valence-corrected chi connectivity index (χ0v) is 11.7. The summed E-state index contributed by atoms with van der Waals surface area (Å²) in [4.78, 5) is 12.4. The molecule has 0 aliphatic heterocycles. The second kappa shape index (κ2) is 4.17. The summed E-state index contributed by atoms with van der Waals surface area (Å²) in [6.07, 6.45) is 2.77. The lowest BCUT2D eigenvalue weighted by molar-refractivity contribution is -0.139. The van der Waals surface area contributed by atoms with Crippen LogP contribution in [-0.2, 0) is 4.79 Å². The Morgan fingerprint density at radius 1 is 1.39 bits per heavy atom. The molecule has 2 rings (SSSR count). The summed E-state index contributed by atoms with van der Waals surface area (Å²) in [7, 11) is 0. The fourth-order valence-corrected chi connectivity index (χ4v) is 3.90. The average molecular weight is 252 g/mol. The Morgan fingerprint density at radius 2 is 2.00 bits per heavy atom. The third-order valence-electron chi connectivity index (χ3n) is 5.13. The highest BCUT2D eigenvalue weighted by atomic mass is 16.3. The monoisotopic (exact) mass is 252 g/mol. The maximum absolute atomic E-state index is 12.4. The van der Waals surface area contributed by atoms with Crippen LogP contribution >= 0.6 is 0 Å². The third kappa shape index (κ3) is 1.76. The first-order chi connectivity index (χ1) is 8.21. The van der Waals surface area contributed by atoms with Crippen LogP contribution in [0.25, 0.3) is 0 Å². The van der Waals surface area contributed by atoms with Crippen LogP contribution in [-0.4, -0.2) is 27.7 Å². The topological polar surface area (TPSA) is 57.5 Å². The molecule has 2 aliphatic carbocycles. The summed E-state index contributed by atoms with van der Waals surface area (Å²) < 4.78 is 0. The molecule has 3 nitrogen and oxygen atoms in total. The van der Waals surface area contributed by atoms with Crippen LogP contribution in [0.4, 0.5) is 0 Å². The van der Waals surface area contributed by atoms with E-state index in [-0.39, 0.29) is 17.6 Å². The molecule has 3 heteroatoms. The van der Waals surface area contributed by atoms with Crippen LogP contribution in [0.15, 0.2) is 11.6 Å². The van der Waals surface area contributed by atoms with Crippen molar-refractivity contribution in [3.05, 3.63) is 11.6 Å². The lowest BCUT2D eigenvalue weighted by Crippen LogP contribution is -2.50. The standard InChI is InChI=1S/C15H24O3/c1-9(2)15(18)6-5-14(4)12(17)8-10(3)7-11(16)13(14)15/h8-9,11,13,16,18H,5-7H2,1-4H3/t11-,13+,14+,15+/m1/s1. The normalized spacial score (nSPS) is 44.8. The minimum absolute atomic E-state index is 0.0465. The summed E-state index contributed by atoms with van der Waals surface area (Å²) in [5.41, 5.74) is -0.632. The summed E-state index contributed by atoms with van der Waals surface area (Å²) in [6.45, 7) is 7.71. The second-order valence-electron chi connectivity index (χ2n) is 6.67. The predicted octanol–water partition coefficient (Wildman–Crippen LogP) is 2.07. The minimum atomic E-state index is -0.928. The summed E-state index contributed by atoms with van der Waals surface area (Å²) in [5.74, 6) is -0.241. The van der Waals surface area contributed by atoms with Gasteiger partial charge in [0.2, 0.25) is 0 Å². The molecule has 0 saturated heterocycles. The van der Waals surface area contributed by atoms with Gasteiger partial charge in [-0.25, -0.2) is 0 Å². The molecule has 0 aromatic heterocycles. The van der Waals surface area contributed by atoms with E-state index in [4.69, 9.17) is 0 Å². The SMILES string of the molecule is CC1=CC(=O)[C@]2(C)CC[C@](O)(C(C)C)[C@H]2[C@H](O)C1. The molecule has 0 aromatic carbocycles. The molecule has 102 valence electrons. The third-order valence-corrected chi connectivity index (χ3v) is 5.13. The predicted molar refractivity (Wildman–Crippen MR) is 70.0 cm³/mol. The quantitative estimate of drug-likeness (QED) is 0.751. The number of hydrogen-bond acceptors (Lipinski definition) is 3.